The van der Waals surface area contributed by atoms with Crippen LogP contribution in [0.15, 0.2) is 33.0 Å². The molecular formula is C9H7BrO2S. The maximum absolute atomic E-state index is 11.5. The SMILES string of the molecule is CC1=CS(=O)(=O)c2ccc(Br)cc21. The Bertz CT molecular complexity index is 500. The lowest BCUT2D eigenvalue weighted by Gasteiger charge is -1.99. The second-order valence-corrected chi connectivity index (χ2v) is 5.67. The molecule has 1 heterocycles. The fourth-order valence-corrected chi connectivity index (χ4v) is 3.28. The largest absolute Gasteiger partial charge is 0.219 e. The van der Waals surface area contributed by atoms with E-state index in [-0.39, 0.29) is 0 Å². The van der Waals surface area contributed by atoms with Crippen LogP contribution in [0.2, 0.25) is 0 Å². The van der Waals surface area contributed by atoms with Gasteiger partial charge in [0.1, 0.15) is 0 Å². The Morgan fingerprint density at radius 3 is 2.69 bits per heavy atom. The number of halogens is 1. The Balaban J connectivity index is 2.82. The number of rotatable bonds is 0. The van der Waals surface area contributed by atoms with Crippen LogP contribution in [0.1, 0.15) is 12.5 Å². The summed E-state index contributed by atoms with van der Waals surface area (Å²) in [5.41, 5.74) is 1.60. The van der Waals surface area contributed by atoms with E-state index in [0.717, 1.165) is 15.6 Å². The molecular weight excluding hydrogens is 252 g/mol. The van der Waals surface area contributed by atoms with Gasteiger partial charge in [0.15, 0.2) is 0 Å². The van der Waals surface area contributed by atoms with Crippen LogP contribution in [0.3, 0.4) is 0 Å². The smallest absolute Gasteiger partial charge is 0.200 e. The number of allylic oxidation sites excluding steroid dienone is 1. The van der Waals surface area contributed by atoms with Crippen molar-refractivity contribution in [2.45, 2.75) is 11.8 Å². The molecule has 1 aliphatic rings. The first-order valence-electron chi connectivity index (χ1n) is 3.74. The average Bonchev–Trinajstić information content (AvgIpc) is 2.22. The molecule has 0 spiro atoms. The van der Waals surface area contributed by atoms with Crippen molar-refractivity contribution in [3.63, 3.8) is 0 Å². The van der Waals surface area contributed by atoms with Gasteiger partial charge < -0.3 is 0 Å². The van der Waals surface area contributed by atoms with Gasteiger partial charge in [0, 0.05) is 9.88 Å². The van der Waals surface area contributed by atoms with Crippen LogP contribution in [0, 0.1) is 0 Å². The predicted molar refractivity (Wildman–Crippen MR) is 55.0 cm³/mol. The quantitative estimate of drug-likeness (QED) is 0.717. The molecule has 0 bridgehead atoms. The van der Waals surface area contributed by atoms with Gasteiger partial charge in [0.05, 0.1) is 4.90 Å². The monoisotopic (exact) mass is 258 g/mol. The molecule has 1 aromatic carbocycles. The van der Waals surface area contributed by atoms with E-state index in [1.807, 2.05) is 6.07 Å². The van der Waals surface area contributed by atoms with Gasteiger partial charge in [-0.05, 0) is 36.3 Å². The minimum absolute atomic E-state index is 0.410. The van der Waals surface area contributed by atoms with Gasteiger partial charge in [0.2, 0.25) is 9.84 Å². The van der Waals surface area contributed by atoms with Crippen molar-refractivity contribution in [3.05, 3.63) is 33.6 Å². The van der Waals surface area contributed by atoms with Crippen LogP contribution < -0.4 is 0 Å². The summed E-state index contributed by atoms with van der Waals surface area (Å²) < 4.78 is 23.9. The van der Waals surface area contributed by atoms with E-state index < -0.39 is 9.84 Å². The van der Waals surface area contributed by atoms with Gasteiger partial charge in [-0.15, -0.1) is 0 Å². The van der Waals surface area contributed by atoms with E-state index in [2.05, 4.69) is 15.9 Å². The first-order chi connectivity index (χ1) is 6.00. The zero-order valence-corrected chi connectivity index (χ0v) is 9.31. The standard InChI is InChI=1S/C9H7BrO2S/c1-6-5-13(11,12)9-3-2-7(10)4-8(6)9/h2-5H,1H3. The zero-order chi connectivity index (χ0) is 9.64. The number of sulfone groups is 1. The number of fused-ring (bicyclic) bond motifs is 1. The molecule has 2 rings (SSSR count). The van der Waals surface area contributed by atoms with Gasteiger partial charge in [-0.25, -0.2) is 8.42 Å². The first-order valence-corrected chi connectivity index (χ1v) is 6.08. The topological polar surface area (TPSA) is 34.1 Å². The molecule has 13 heavy (non-hydrogen) atoms. The van der Waals surface area contributed by atoms with E-state index >= 15 is 0 Å². The molecule has 68 valence electrons. The molecule has 0 aliphatic carbocycles. The van der Waals surface area contributed by atoms with Gasteiger partial charge >= 0.3 is 0 Å². The van der Waals surface area contributed by atoms with Crippen LogP contribution in [0.4, 0.5) is 0 Å². The lowest BCUT2D eigenvalue weighted by atomic mass is 10.1. The minimum atomic E-state index is -3.15. The van der Waals surface area contributed by atoms with Crippen LogP contribution in [0.5, 0.6) is 0 Å². The van der Waals surface area contributed by atoms with E-state index in [1.54, 1.807) is 19.1 Å². The highest BCUT2D eigenvalue weighted by atomic mass is 79.9. The van der Waals surface area contributed by atoms with Crippen molar-refractivity contribution in [1.82, 2.24) is 0 Å². The fraction of sp³-hybridized carbons (Fsp3) is 0.111. The fourth-order valence-electron chi connectivity index (χ4n) is 1.42. The highest BCUT2D eigenvalue weighted by Crippen LogP contribution is 2.34. The third-order valence-electron chi connectivity index (χ3n) is 2.00. The van der Waals surface area contributed by atoms with Crippen molar-refractivity contribution in [2.24, 2.45) is 0 Å². The van der Waals surface area contributed by atoms with Crippen molar-refractivity contribution in [1.29, 1.82) is 0 Å². The Hall–Kier alpha value is -0.610. The Labute approximate surface area is 85.3 Å². The molecule has 0 amide bonds. The van der Waals surface area contributed by atoms with Crippen molar-refractivity contribution in [3.8, 4) is 0 Å². The highest BCUT2D eigenvalue weighted by molar-refractivity contribution is 9.10. The van der Waals surface area contributed by atoms with Crippen molar-refractivity contribution >= 4 is 31.3 Å². The van der Waals surface area contributed by atoms with E-state index in [1.165, 1.54) is 5.41 Å². The van der Waals surface area contributed by atoms with Crippen LogP contribution in [0.25, 0.3) is 5.57 Å². The molecule has 0 atom stereocenters. The predicted octanol–water partition coefficient (Wildman–Crippen LogP) is 2.60. The van der Waals surface area contributed by atoms with E-state index in [9.17, 15) is 8.42 Å². The van der Waals surface area contributed by atoms with Gasteiger partial charge in [-0.2, -0.15) is 0 Å². The molecule has 2 nitrogen and oxygen atoms in total. The molecule has 0 aromatic heterocycles. The molecule has 4 heteroatoms. The highest BCUT2D eigenvalue weighted by Gasteiger charge is 2.24. The molecule has 0 saturated heterocycles. The van der Waals surface area contributed by atoms with Gasteiger partial charge in [-0.3, -0.25) is 0 Å². The summed E-state index contributed by atoms with van der Waals surface area (Å²) in [7, 11) is -3.15. The molecule has 0 radical (unpaired) electrons. The summed E-state index contributed by atoms with van der Waals surface area (Å²) in [6.07, 6.45) is 0. The average molecular weight is 259 g/mol. The second-order valence-electron chi connectivity index (χ2n) is 2.99. The molecule has 1 aliphatic heterocycles. The summed E-state index contributed by atoms with van der Waals surface area (Å²) in [6, 6.07) is 5.19. The summed E-state index contributed by atoms with van der Waals surface area (Å²) in [6.45, 7) is 1.80. The number of hydrogen-bond donors (Lipinski definition) is 0. The third-order valence-corrected chi connectivity index (χ3v) is 4.13. The van der Waals surface area contributed by atoms with Gasteiger partial charge in [-0.1, -0.05) is 15.9 Å². The first kappa shape index (κ1) is 8.97. The van der Waals surface area contributed by atoms with E-state index in [0.29, 0.717) is 4.90 Å². The number of hydrogen-bond acceptors (Lipinski definition) is 2. The Kier molecular flexibility index (Phi) is 1.85. The summed E-state index contributed by atoms with van der Waals surface area (Å²) in [5.74, 6) is 0. The lowest BCUT2D eigenvalue weighted by Crippen LogP contribution is -1.92. The Morgan fingerprint density at radius 2 is 2.00 bits per heavy atom. The summed E-state index contributed by atoms with van der Waals surface area (Å²) in [5, 5.41) is 1.31. The minimum Gasteiger partial charge on any atom is -0.219 e. The van der Waals surface area contributed by atoms with Crippen LogP contribution >= 0.6 is 15.9 Å². The third kappa shape index (κ3) is 1.34. The van der Waals surface area contributed by atoms with Crippen LogP contribution in [-0.2, 0) is 9.84 Å². The normalized spacial score (nSPS) is 18.2. The molecule has 0 saturated carbocycles. The second kappa shape index (κ2) is 2.69. The maximum Gasteiger partial charge on any atom is 0.200 e. The van der Waals surface area contributed by atoms with E-state index in [4.69, 9.17) is 0 Å². The maximum atomic E-state index is 11.5. The zero-order valence-electron chi connectivity index (χ0n) is 6.91. The Morgan fingerprint density at radius 1 is 1.31 bits per heavy atom. The molecule has 0 N–H and O–H groups in total. The lowest BCUT2D eigenvalue weighted by molar-refractivity contribution is 0.605. The van der Waals surface area contributed by atoms with Crippen LogP contribution in [-0.4, -0.2) is 8.42 Å². The molecule has 0 fully saturated rings. The molecule has 0 unspecified atom stereocenters. The summed E-state index contributed by atoms with van der Waals surface area (Å²) >= 11 is 3.31. The van der Waals surface area contributed by atoms with Crippen molar-refractivity contribution in [2.75, 3.05) is 0 Å². The summed E-state index contributed by atoms with van der Waals surface area (Å²) in [4.78, 5) is 0.410. The number of benzene rings is 1. The van der Waals surface area contributed by atoms with Gasteiger partial charge in [0.25, 0.3) is 0 Å². The van der Waals surface area contributed by atoms with Crippen molar-refractivity contribution < 1.29 is 8.42 Å². The molecule has 1 aromatic rings.